The van der Waals surface area contributed by atoms with Crippen LogP contribution < -0.4 is 4.74 Å². The summed E-state index contributed by atoms with van der Waals surface area (Å²) in [5.74, 6) is 0.668. The summed E-state index contributed by atoms with van der Waals surface area (Å²) >= 11 is 5.92. The number of aryl methyl sites for hydroxylation is 1. The summed E-state index contributed by atoms with van der Waals surface area (Å²) in [7, 11) is 1.90. The quantitative estimate of drug-likeness (QED) is 0.916. The minimum absolute atomic E-state index is 0.529. The molecule has 2 rings (SSSR count). The first kappa shape index (κ1) is 13.9. The number of hydrogen-bond acceptors (Lipinski definition) is 3. The molecule has 0 radical (unpaired) electrons. The fraction of sp³-hybridized carbons (Fsp3) is 0.357. The molecule has 4 nitrogen and oxygen atoms in total. The van der Waals surface area contributed by atoms with Crippen LogP contribution in [0.2, 0.25) is 5.02 Å². The van der Waals surface area contributed by atoms with Crippen molar-refractivity contribution in [1.82, 2.24) is 9.78 Å². The highest BCUT2D eigenvalue weighted by Gasteiger charge is 2.10. The van der Waals surface area contributed by atoms with Gasteiger partial charge in [-0.05, 0) is 31.2 Å². The Hall–Kier alpha value is -1.52. The number of benzene rings is 1. The molecule has 0 aliphatic carbocycles. The average Bonchev–Trinajstić information content (AvgIpc) is 2.77. The molecular formula is C14H17ClN2O2. The molecule has 19 heavy (non-hydrogen) atoms. The molecule has 0 saturated carbocycles. The number of halogens is 1. The fourth-order valence-electron chi connectivity index (χ4n) is 1.89. The maximum absolute atomic E-state index is 9.70. The normalized spacial score (nSPS) is 12.4. The molecule has 0 bridgehead atoms. The molecule has 1 aromatic heterocycles. The van der Waals surface area contributed by atoms with E-state index in [1.165, 1.54) is 0 Å². The van der Waals surface area contributed by atoms with Gasteiger partial charge in [0.05, 0.1) is 12.7 Å². The van der Waals surface area contributed by atoms with E-state index < -0.39 is 6.10 Å². The number of aromatic nitrogens is 2. The van der Waals surface area contributed by atoms with Crippen LogP contribution in [0, 0.1) is 0 Å². The second kappa shape index (κ2) is 6.08. The highest BCUT2D eigenvalue weighted by atomic mass is 35.5. The standard InChI is InChI=1S/C14H17ClN2O2/c1-10(18)13-9-11(15)3-4-14(13)19-8-6-12-5-7-16-17(12)2/h3-5,7,9-10,18H,6,8H2,1-2H3/t10-/m0/s1. The highest BCUT2D eigenvalue weighted by Crippen LogP contribution is 2.28. The second-order valence-electron chi connectivity index (χ2n) is 4.40. The lowest BCUT2D eigenvalue weighted by Gasteiger charge is -2.13. The van der Waals surface area contributed by atoms with Gasteiger partial charge in [-0.2, -0.15) is 5.10 Å². The number of nitrogens with zero attached hydrogens (tertiary/aromatic N) is 2. The van der Waals surface area contributed by atoms with Crippen LogP contribution in [-0.2, 0) is 13.5 Å². The zero-order chi connectivity index (χ0) is 13.8. The number of rotatable bonds is 5. The Balaban J connectivity index is 2.01. The van der Waals surface area contributed by atoms with Gasteiger partial charge in [0.1, 0.15) is 5.75 Å². The van der Waals surface area contributed by atoms with E-state index in [-0.39, 0.29) is 0 Å². The fourth-order valence-corrected chi connectivity index (χ4v) is 2.07. The predicted molar refractivity (Wildman–Crippen MR) is 74.5 cm³/mol. The molecule has 0 saturated heterocycles. The zero-order valence-electron chi connectivity index (χ0n) is 11.0. The van der Waals surface area contributed by atoms with Gasteiger partial charge in [0.15, 0.2) is 0 Å². The molecule has 0 aliphatic heterocycles. The monoisotopic (exact) mass is 280 g/mol. The van der Waals surface area contributed by atoms with Crippen molar-refractivity contribution in [3.63, 3.8) is 0 Å². The number of ether oxygens (including phenoxy) is 1. The van der Waals surface area contributed by atoms with Crippen molar-refractivity contribution in [2.45, 2.75) is 19.4 Å². The first-order valence-electron chi connectivity index (χ1n) is 6.15. The smallest absolute Gasteiger partial charge is 0.125 e. The zero-order valence-corrected chi connectivity index (χ0v) is 11.8. The largest absolute Gasteiger partial charge is 0.493 e. The summed E-state index contributed by atoms with van der Waals surface area (Å²) in [4.78, 5) is 0. The third-order valence-corrected chi connectivity index (χ3v) is 3.20. The van der Waals surface area contributed by atoms with E-state index in [2.05, 4.69) is 5.10 Å². The van der Waals surface area contributed by atoms with Crippen LogP contribution in [0.15, 0.2) is 30.5 Å². The van der Waals surface area contributed by atoms with Crippen molar-refractivity contribution in [1.29, 1.82) is 0 Å². The Morgan fingerprint density at radius 2 is 2.21 bits per heavy atom. The number of aliphatic hydroxyl groups is 1. The molecule has 0 fully saturated rings. The van der Waals surface area contributed by atoms with Crippen molar-refractivity contribution in [3.05, 3.63) is 46.7 Å². The van der Waals surface area contributed by atoms with Crippen LogP contribution in [0.4, 0.5) is 0 Å². The van der Waals surface area contributed by atoms with Gasteiger partial charge in [-0.1, -0.05) is 11.6 Å². The topological polar surface area (TPSA) is 47.3 Å². The van der Waals surface area contributed by atoms with E-state index in [1.54, 1.807) is 31.3 Å². The molecular weight excluding hydrogens is 264 g/mol. The van der Waals surface area contributed by atoms with Crippen molar-refractivity contribution >= 4 is 11.6 Å². The Morgan fingerprint density at radius 3 is 2.84 bits per heavy atom. The molecule has 1 heterocycles. The van der Waals surface area contributed by atoms with Crippen LogP contribution in [0.5, 0.6) is 5.75 Å². The third kappa shape index (κ3) is 3.49. The van der Waals surface area contributed by atoms with Crippen molar-refractivity contribution in [2.75, 3.05) is 6.61 Å². The minimum Gasteiger partial charge on any atom is -0.493 e. The van der Waals surface area contributed by atoms with Gasteiger partial charge >= 0.3 is 0 Å². The van der Waals surface area contributed by atoms with E-state index in [0.717, 1.165) is 12.1 Å². The maximum atomic E-state index is 9.70. The van der Waals surface area contributed by atoms with Gasteiger partial charge in [-0.25, -0.2) is 0 Å². The second-order valence-corrected chi connectivity index (χ2v) is 4.84. The molecule has 0 spiro atoms. The Bertz CT molecular complexity index is 552. The van der Waals surface area contributed by atoms with E-state index in [4.69, 9.17) is 16.3 Å². The number of hydrogen-bond donors (Lipinski definition) is 1. The SMILES string of the molecule is C[C@H](O)c1cc(Cl)ccc1OCCc1ccnn1C. The van der Waals surface area contributed by atoms with E-state index in [0.29, 0.717) is 22.9 Å². The van der Waals surface area contributed by atoms with Crippen LogP contribution in [0.25, 0.3) is 0 Å². The summed E-state index contributed by atoms with van der Waals surface area (Å²) < 4.78 is 7.54. The first-order valence-corrected chi connectivity index (χ1v) is 6.53. The molecule has 1 N–H and O–H groups in total. The summed E-state index contributed by atoms with van der Waals surface area (Å²) in [6.45, 7) is 2.22. The molecule has 102 valence electrons. The predicted octanol–water partition coefficient (Wildman–Crippen LogP) is 2.75. The molecule has 2 aromatic rings. The Morgan fingerprint density at radius 1 is 1.42 bits per heavy atom. The van der Waals surface area contributed by atoms with Crippen LogP contribution in [-0.4, -0.2) is 21.5 Å². The minimum atomic E-state index is -0.606. The third-order valence-electron chi connectivity index (χ3n) is 2.96. The van der Waals surface area contributed by atoms with E-state index in [1.807, 2.05) is 17.8 Å². The van der Waals surface area contributed by atoms with Crippen molar-refractivity contribution < 1.29 is 9.84 Å². The van der Waals surface area contributed by atoms with Crippen LogP contribution in [0.3, 0.4) is 0 Å². The summed E-state index contributed by atoms with van der Waals surface area (Å²) in [5.41, 5.74) is 1.81. The van der Waals surface area contributed by atoms with Crippen molar-refractivity contribution in [3.8, 4) is 5.75 Å². The summed E-state index contributed by atoms with van der Waals surface area (Å²) in [6, 6.07) is 7.23. The molecule has 5 heteroatoms. The average molecular weight is 281 g/mol. The number of aliphatic hydroxyl groups excluding tert-OH is 1. The molecule has 1 atom stereocenters. The molecule has 1 aromatic carbocycles. The first-order chi connectivity index (χ1) is 9.08. The van der Waals surface area contributed by atoms with Crippen molar-refractivity contribution in [2.24, 2.45) is 7.05 Å². The van der Waals surface area contributed by atoms with Gasteiger partial charge in [-0.15, -0.1) is 0 Å². The lowest BCUT2D eigenvalue weighted by atomic mass is 10.1. The highest BCUT2D eigenvalue weighted by molar-refractivity contribution is 6.30. The summed E-state index contributed by atoms with van der Waals surface area (Å²) in [6.07, 6.45) is 1.92. The van der Waals surface area contributed by atoms with Gasteiger partial charge in [0, 0.05) is 35.9 Å². The lowest BCUT2D eigenvalue weighted by molar-refractivity contribution is 0.191. The van der Waals surface area contributed by atoms with Crippen LogP contribution >= 0.6 is 11.6 Å². The van der Waals surface area contributed by atoms with Gasteiger partial charge < -0.3 is 9.84 Å². The van der Waals surface area contributed by atoms with Crippen LogP contribution in [0.1, 0.15) is 24.3 Å². The molecule has 0 amide bonds. The van der Waals surface area contributed by atoms with E-state index in [9.17, 15) is 5.11 Å². The maximum Gasteiger partial charge on any atom is 0.125 e. The molecule has 0 unspecified atom stereocenters. The van der Waals surface area contributed by atoms with Gasteiger partial charge in [0.25, 0.3) is 0 Å². The van der Waals surface area contributed by atoms with Gasteiger partial charge in [0.2, 0.25) is 0 Å². The molecule has 0 aliphatic rings. The van der Waals surface area contributed by atoms with Gasteiger partial charge in [-0.3, -0.25) is 4.68 Å². The Kier molecular flexibility index (Phi) is 4.45. The van der Waals surface area contributed by atoms with E-state index >= 15 is 0 Å². The Labute approximate surface area is 117 Å². The lowest BCUT2D eigenvalue weighted by Crippen LogP contribution is -2.07. The summed E-state index contributed by atoms with van der Waals surface area (Å²) in [5, 5.41) is 14.4.